The summed E-state index contributed by atoms with van der Waals surface area (Å²) in [6, 6.07) is 49.4. The molecule has 4 heteroatoms. The molecule has 0 fully saturated rings. The molecule has 0 aliphatic carbocycles. The lowest BCUT2D eigenvalue weighted by Gasteiger charge is -2.13. The highest BCUT2D eigenvalue weighted by Crippen LogP contribution is 2.38. The average molecular weight is 626 g/mol. The molecule has 4 aromatic heterocycles. The first-order valence-electron chi connectivity index (χ1n) is 16.4. The highest BCUT2D eigenvalue weighted by atomic mass is 16.3. The molecule has 0 aliphatic rings. The summed E-state index contributed by atoms with van der Waals surface area (Å²) < 4.78 is 6.29. The summed E-state index contributed by atoms with van der Waals surface area (Å²) >= 11 is 0. The Labute approximate surface area is 282 Å². The maximum absolute atomic E-state index is 6.29. The molecule has 0 unspecified atom stereocenters. The monoisotopic (exact) mass is 625 g/mol. The normalized spacial score (nSPS) is 11.7. The summed E-state index contributed by atoms with van der Waals surface area (Å²) in [5, 5.41) is 6.73. The Hall–Kier alpha value is -6.65. The van der Waals surface area contributed by atoms with Gasteiger partial charge in [0.05, 0.1) is 11.0 Å². The Kier molecular flexibility index (Phi) is 6.15. The van der Waals surface area contributed by atoms with Crippen molar-refractivity contribution in [2.75, 3.05) is 0 Å². The van der Waals surface area contributed by atoms with Crippen LogP contribution in [0.2, 0.25) is 0 Å². The van der Waals surface area contributed by atoms with Crippen LogP contribution in [-0.4, -0.2) is 15.0 Å². The van der Waals surface area contributed by atoms with Crippen molar-refractivity contribution >= 4 is 54.5 Å². The van der Waals surface area contributed by atoms with E-state index in [2.05, 4.69) is 131 Å². The summed E-state index contributed by atoms with van der Waals surface area (Å²) in [5.74, 6) is 0. The van der Waals surface area contributed by atoms with E-state index in [1.54, 1.807) is 0 Å². The minimum Gasteiger partial charge on any atom is -0.456 e. The molecule has 0 amide bonds. The van der Waals surface area contributed by atoms with Crippen molar-refractivity contribution in [1.29, 1.82) is 0 Å². The number of fused-ring (bicyclic) bond motifs is 7. The SMILES string of the molecule is c1cc(-c2cc(-c3ccc(-c4cnc5c(ccc6cccnc65)c4)cc3)cc(-c3ccc4c(c3)oc3ccccc34)c2)c2cnccc2c1. The van der Waals surface area contributed by atoms with Gasteiger partial charge in [0, 0.05) is 57.3 Å². The number of furan rings is 1. The Morgan fingerprint density at radius 2 is 1.10 bits per heavy atom. The first-order valence-corrected chi connectivity index (χ1v) is 16.4. The zero-order chi connectivity index (χ0) is 32.3. The van der Waals surface area contributed by atoms with E-state index in [1.165, 1.54) is 5.39 Å². The van der Waals surface area contributed by atoms with E-state index < -0.39 is 0 Å². The molecule has 10 rings (SSSR count). The third kappa shape index (κ3) is 4.65. The van der Waals surface area contributed by atoms with Gasteiger partial charge >= 0.3 is 0 Å². The third-order valence-corrected chi connectivity index (χ3v) is 9.61. The van der Waals surface area contributed by atoms with Crippen LogP contribution in [0.15, 0.2) is 169 Å². The molecule has 4 heterocycles. The number of pyridine rings is 3. The molecular formula is C45H27N3O. The van der Waals surface area contributed by atoms with Crippen LogP contribution in [0.4, 0.5) is 0 Å². The molecule has 0 atom stereocenters. The molecule has 228 valence electrons. The molecule has 10 aromatic rings. The lowest BCUT2D eigenvalue weighted by atomic mass is 9.91. The van der Waals surface area contributed by atoms with Crippen LogP contribution < -0.4 is 0 Å². The molecule has 0 radical (unpaired) electrons. The van der Waals surface area contributed by atoms with Gasteiger partial charge in [-0.25, -0.2) is 0 Å². The predicted molar refractivity (Wildman–Crippen MR) is 201 cm³/mol. The second-order valence-corrected chi connectivity index (χ2v) is 12.5. The Bertz CT molecular complexity index is 2880. The number of aromatic nitrogens is 3. The fourth-order valence-electron chi connectivity index (χ4n) is 7.14. The molecular weight excluding hydrogens is 599 g/mol. The maximum Gasteiger partial charge on any atom is 0.136 e. The van der Waals surface area contributed by atoms with E-state index in [0.717, 1.165) is 93.6 Å². The van der Waals surface area contributed by atoms with Crippen LogP contribution in [0.25, 0.3) is 99.0 Å². The van der Waals surface area contributed by atoms with E-state index in [-0.39, 0.29) is 0 Å². The Morgan fingerprint density at radius 3 is 2.02 bits per heavy atom. The fourth-order valence-corrected chi connectivity index (χ4v) is 7.14. The van der Waals surface area contributed by atoms with Crippen molar-refractivity contribution in [3.8, 4) is 44.5 Å². The molecule has 0 bridgehead atoms. The van der Waals surface area contributed by atoms with E-state index in [4.69, 9.17) is 9.40 Å². The smallest absolute Gasteiger partial charge is 0.136 e. The Balaban J connectivity index is 1.10. The zero-order valence-corrected chi connectivity index (χ0v) is 26.3. The summed E-state index contributed by atoms with van der Waals surface area (Å²) in [4.78, 5) is 13.9. The van der Waals surface area contributed by atoms with Gasteiger partial charge in [-0.05, 0) is 98.9 Å². The maximum atomic E-state index is 6.29. The van der Waals surface area contributed by atoms with Crippen LogP contribution >= 0.6 is 0 Å². The van der Waals surface area contributed by atoms with Crippen molar-refractivity contribution < 1.29 is 4.42 Å². The van der Waals surface area contributed by atoms with E-state index in [9.17, 15) is 0 Å². The number of hydrogen-bond donors (Lipinski definition) is 0. The van der Waals surface area contributed by atoms with Crippen LogP contribution in [0.3, 0.4) is 0 Å². The molecule has 0 spiro atoms. The first kappa shape index (κ1) is 27.5. The van der Waals surface area contributed by atoms with Crippen molar-refractivity contribution in [1.82, 2.24) is 15.0 Å². The number of benzene rings is 6. The Morgan fingerprint density at radius 1 is 0.367 bits per heavy atom. The molecule has 0 saturated carbocycles. The van der Waals surface area contributed by atoms with Crippen LogP contribution in [0.5, 0.6) is 0 Å². The van der Waals surface area contributed by atoms with Gasteiger partial charge in [0.25, 0.3) is 0 Å². The molecule has 0 saturated heterocycles. The van der Waals surface area contributed by atoms with Gasteiger partial charge in [-0.2, -0.15) is 0 Å². The molecule has 0 aliphatic heterocycles. The molecule has 0 N–H and O–H groups in total. The molecule has 4 nitrogen and oxygen atoms in total. The third-order valence-electron chi connectivity index (χ3n) is 9.61. The zero-order valence-electron chi connectivity index (χ0n) is 26.3. The van der Waals surface area contributed by atoms with Crippen molar-refractivity contribution in [3.05, 3.63) is 164 Å². The quantitative estimate of drug-likeness (QED) is 0.183. The second-order valence-electron chi connectivity index (χ2n) is 12.5. The summed E-state index contributed by atoms with van der Waals surface area (Å²) in [6.45, 7) is 0. The van der Waals surface area contributed by atoms with Gasteiger partial charge in [0.2, 0.25) is 0 Å². The fraction of sp³-hybridized carbons (Fsp3) is 0. The molecule has 49 heavy (non-hydrogen) atoms. The van der Waals surface area contributed by atoms with Crippen molar-refractivity contribution in [2.45, 2.75) is 0 Å². The van der Waals surface area contributed by atoms with Crippen LogP contribution in [0, 0.1) is 0 Å². The van der Waals surface area contributed by atoms with Gasteiger partial charge in [-0.3, -0.25) is 15.0 Å². The van der Waals surface area contributed by atoms with Gasteiger partial charge < -0.3 is 4.42 Å². The summed E-state index contributed by atoms with van der Waals surface area (Å²) in [7, 11) is 0. The van der Waals surface area contributed by atoms with Gasteiger partial charge in [-0.1, -0.05) is 84.9 Å². The minimum atomic E-state index is 0.886. The first-order chi connectivity index (χ1) is 24.2. The second kappa shape index (κ2) is 11.0. The lowest BCUT2D eigenvalue weighted by Crippen LogP contribution is -1.89. The number of hydrogen-bond acceptors (Lipinski definition) is 4. The average Bonchev–Trinajstić information content (AvgIpc) is 3.55. The summed E-state index contributed by atoms with van der Waals surface area (Å²) in [6.07, 6.45) is 7.59. The number of rotatable bonds is 4. The van der Waals surface area contributed by atoms with Crippen LogP contribution in [0.1, 0.15) is 0 Å². The van der Waals surface area contributed by atoms with Crippen molar-refractivity contribution in [3.63, 3.8) is 0 Å². The molecule has 6 aromatic carbocycles. The highest BCUT2D eigenvalue weighted by molar-refractivity contribution is 6.06. The largest absolute Gasteiger partial charge is 0.456 e. The predicted octanol–water partition coefficient (Wildman–Crippen LogP) is 11.9. The highest BCUT2D eigenvalue weighted by Gasteiger charge is 2.13. The van der Waals surface area contributed by atoms with Crippen LogP contribution in [-0.2, 0) is 0 Å². The van der Waals surface area contributed by atoms with Gasteiger partial charge in [0.15, 0.2) is 0 Å². The van der Waals surface area contributed by atoms with Crippen molar-refractivity contribution in [2.24, 2.45) is 0 Å². The number of para-hydroxylation sites is 1. The lowest BCUT2D eigenvalue weighted by molar-refractivity contribution is 0.669. The number of nitrogens with zero attached hydrogens (tertiary/aromatic N) is 3. The summed E-state index contributed by atoms with van der Waals surface area (Å²) in [5.41, 5.74) is 12.6. The van der Waals surface area contributed by atoms with Gasteiger partial charge in [-0.15, -0.1) is 0 Å². The minimum absolute atomic E-state index is 0.886. The standard InChI is InChI=1S/C45H27N3O/c1-2-9-42-39(7-1)40-17-16-32(25-43(40)49-42)35-22-34(23-36(24-35)38-8-3-5-30-18-20-46-27-41(30)38)28-10-12-29(13-11-28)37-21-33-15-14-31-6-4-19-47-44(31)45(33)48-26-37/h1-27H. The van der Waals surface area contributed by atoms with E-state index >= 15 is 0 Å². The topological polar surface area (TPSA) is 51.8 Å². The van der Waals surface area contributed by atoms with E-state index in [1.807, 2.05) is 43.0 Å². The van der Waals surface area contributed by atoms with E-state index in [0.29, 0.717) is 0 Å². The van der Waals surface area contributed by atoms with Gasteiger partial charge in [0.1, 0.15) is 11.2 Å².